The summed E-state index contributed by atoms with van der Waals surface area (Å²) in [7, 11) is 2.12. The van der Waals surface area contributed by atoms with Crippen molar-refractivity contribution in [2.24, 2.45) is 0 Å². The minimum absolute atomic E-state index is 0.0790. The van der Waals surface area contributed by atoms with Gasteiger partial charge in [-0.15, -0.1) is 11.3 Å². The van der Waals surface area contributed by atoms with E-state index in [0.29, 0.717) is 16.6 Å². The summed E-state index contributed by atoms with van der Waals surface area (Å²) >= 11 is 2.92. The number of likely N-dealkylation sites (N-methyl/N-ethyl adjacent to an activating group) is 1. The molecule has 3 rings (SSSR count). The molecule has 2 aromatic rings. The third-order valence-electron chi connectivity index (χ3n) is 4.36. The Balaban J connectivity index is 1.48. The van der Waals surface area contributed by atoms with E-state index in [9.17, 15) is 9.59 Å². The van der Waals surface area contributed by atoms with Crippen LogP contribution < -0.4 is 10.6 Å². The molecule has 0 bridgehead atoms. The first-order valence-corrected chi connectivity index (χ1v) is 10.6. The molecular formula is C17H23N5O2S2. The number of likely N-dealkylation sites (tertiary alicyclic amines) is 1. The molecule has 3 heterocycles. The summed E-state index contributed by atoms with van der Waals surface area (Å²) in [6.07, 6.45) is 7.76. The molecule has 7 nitrogen and oxygen atoms in total. The van der Waals surface area contributed by atoms with E-state index in [-0.39, 0.29) is 18.4 Å². The highest BCUT2D eigenvalue weighted by atomic mass is 32.2. The quantitative estimate of drug-likeness (QED) is 0.787. The Morgan fingerprint density at radius 1 is 1.46 bits per heavy atom. The second-order valence-electron chi connectivity index (χ2n) is 6.35. The summed E-state index contributed by atoms with van der Waals surface area (Å²) in [4.78, 5) is 31.0. The van der Waals surface area contributed by atoms with Crippen LogP contribution in [-0.4, -0.2) is 58.6 Å². The SMILES string of the molecule is CSn1ccc(C(=O)NCC(=O)Nc2nc(C3CCCN(C)C3)cs2)c1. The number of anilines is 1. The fourth-order valence-electron chi connectivity index (χ4n) is 2.99. The van der Waals surface area contributed by atoms with E-state index < -0.39 is 0 Å². The van der Waals surface area contributed by atoms with E-state index in [0.717, 1.165) is 25.2 Å². The number of nitrogens with zero attached hydrogens (tertiary/aromatic N) is 3. The number of hydrogen-bond acceptors (Lipinski definition) is 6. The van der Waals surface area contributed by atoms with Crippen LogP contribution in [0.5, 0.6) is 0 Å². The number of rotatable bonds is 6. The number of carbonyl (C=O) groups excluding carboxylic acids is 2. The zero-order chi connectivity index (χ0) is 18.5. The highest BCUT2D eigenvalue weighted by Gasteiger charge is 2.21. The summed E-state index contributed by atoms with van der Waals surface area (Å²) in [6, 6.07) is 1.72. The van der Waals surface area contributed by atoms with Crippen LogP contribution in [0.3, 0.4) is 0 Å². The number of amides is 2. The van der Waals surface area contributed by atoms with Crippen LogP contribution in [0.4, 0.5) is 5.13 Å². The smallest absolute Gasteiger partial charge is 0.253 e. The first-order chi connectivity index (χ1) is 12.5. The van der Waals surface area contributed by atoms with Crippen LogP contribution in [0.15, 0.2) is 23.8 Å². The largest absolute Gasteiger partial charge is 0.343 e. The van der Waals surface area contributed by atoms with Crippen molar-refractivity contribution in [3.05, 3.63) is 35.1 Å². The number of hydrogen-bond donors (Lipinski definition) is 2. The lowest BCUT2D eigenvalue weighted by molar-refractivity contribution is -0.115. The molecule has 0 spiro atoms. The maximum Gasteiger partial charge on any atom is 0.253 e. The van der Waals surface area contributed by atoms with Crippen molar-refractivity contribution < 1.29 is 9.59 Å². The molecule has 1 atom stereocenters. The van der Waals surface area contributed by atoms with Crippen molar-refractivity contribution in [1.29, 1.82) is 0 Å². The zero-order valence-corrected chi connectivity index (χ0v) is 16.5. The van der Waals surface area contributed by atoms with Gasteiger partial charge in [-0.2, -0.15) is 0 Å². The molecule has 26 heavy (non-hydrogen) atoms. The second kappa shape index (κ2) is 8.70. The van der Waals surface area contributed by atoms with Crippen LogP contribution >= 0.6 is 23.3 Å². The van der Waals surface area contributed by atoms with Crippen molar-refractivity contribution in [3.8, 4) is 0 Å². The lowest BCUT2D eigenvalue weighted by Crippen LogP contribution is -2.32. The molecule has 1 fully saturated rings. The summed E-state index contributed by atoms with van der Waals surface area (Å²) in [5.41, 5.74) is 1.57. The van der Waals surface area contributed by atoms with Gasteiger partial charge in [-0.25, -0.2) is 4.98 Å². The van der Waals surface area contributed by atoms with Crippen molar-refractivity contribution in [3.63, 3.8) is 0 Å². The van der Waals surface area contributed by atoms with Gasteiger partial charge in [0.15, 0.2) is 5.13 Å². The number of nitrogens with one attached hydrogen (secondary N) is 2. The molecule has 140 valence electrons. The van der Waals surface area contributed by atoms with E-state index in [1.54, 1.807) is 18.5 Å². The summed E-state index contributed by atoms with van der Waals surface area (Å²) in [6.45, 7) is 2.05. The number of thiazole rings is 1. The fraction of sp³-hybridized carbons (Fsp3) is 0.471. The Labute approximate surface area is 161 Å². The molecule has 0 radical (unpaired) electrons. The molecule has 9 heteroatoms. The summed E-state index contributed by atoms with van der Waals surface area (Å²) < 4.78 is 1.83. The summed E-state index contributed by atoms with van der Waals surface area (Å²) in [5, 5.41) is 8.00. The van der Waals surface area contributed by atoms with Gasteiger partial charge in [0, 0.05) is 36.5 Å². The highest BCUT2D eigenvalue weighted by Crippen LogP contribution is 2.28. The van der Waals surface area contributed by atoms with Crippen molar-refractivity contribution in [1.82, 2.24) is 19.2 Å². The number of aromatic nitrogens is 2. The summed E-state index contributed by atoms with van der Waals surface area (Å²) in [5.74, 6) is -0.113. The second-order valence-corrected chi connectivity index (χ2v) is 8.00. The van der Waals surface area contributed by atoms with Crippen molar-refractivity contribution in [2.75, 3.05) is 38.3 Å². The Morgan fingerprint density at radius 3 is 3.04 bits per heavy atom. The van der Waals surface area contributed by atoms with E-state index in [1.165, 1.54) is 29.7 Å². The predicted molar refractivity (Wildman–Crippen MR) is 106 cm³/mol. The molecule has 0 aromatic carbocycles. The van der Waals surface area contributed by atoms with Crippen LogP contribution in [0.2, 0.25) is 0 Å². The van der Waals surface area contributed by atoms with Gasteiger partial charge in [-0.05, 0) is 44.4 Å². The zero-order valence-electron chi connectivity index (χ0n) is 14.9. The molecule has 0 saturated carbocycles. The molecule has 2 amide bonds. The fourth-order valence-corrected chi connectivity index (χ4v) is 4.20. The topological polar surface area (TPSA) is 79.3 Å². The van der Waals surface area contributed by atoms with Gasteiger partial charge in [0.1, 0.15) is 0 Å². The van der Waals surface area contributed by atoms with Gasteiger partial charge in [0.2, 0.25) is 5.91 Å². The molecular weight excluding hydrogens is 370 g/mol. The predicted octanol–water partition coefficient (Wildman–Crippen LogP) is 2.25. The Bertz CT molecular complexity index is 773. The number of piperidine rings is 1. The van der Waals surface area contributed by atoms with Gasteiger partial charge >= 0.3 is 0 Å². The molecule has 1 unspecified atom stereocenters. The van der Waals surface area contributed by atoms with E-state index >= 15 is 0 Å². The molecule has 2 aromatic heterocycles. The minimum atomic E-state index is -0.274. The molecule has 0 aliphatic carbocycles. The monoisotopic (exact) mass is 393 g/mol. The lowest BCUT2D eigenvalue weighted by atomic mass is 9.96. The first kappa shape index (κ1) is 18.9. The number of carbonyl (C=O) groups is 2. The third-order valence-corrected chi connectivity index (χ3v) is 5.79. The van der Waals surface area contributed by atoms with Crippen LogP contribution in [-0.2, 0) is 4.79 Å². The normalized spacial score (nSPS) is 17.8. The maximum absolute atomic E-state index is 12.1. The average molecular weight is 394 g/mol. The molecule has 2 N–H and O–H groups in total. The van der Waals surface area contributed by atoms with E-state index in [2.05, 4.69) is 27.6 Å². The Kier molecular flexibility index (Phi) is 6.33. The minimum Gasteiger partial charge on any atom is -0.343 e. The standard InChI is InChI=1S/C17H23N5O2S2/c1-21-6-3-4-12(9-21)14-11-26-17(19-14)20-15(23)8-18-16(24)13-5-7-22(10-13)25-2/h5,7,10-12H,3-4,6,8-9H2,1-2H3,(H,18,24)(H,19,20,23). The van der Waals surface area contributed by atoms with Gasteiger partial charge in [0.05, 0.1) is 17.8 Å². The van der Waals surface area contributed by atoms with Gasteiger partial charge < -0.3 is 15.5 Å². The van der Waals surface area contributed by atoms with E-state index in [4.69, 9.17) is 0 Å². The maximum atomic E-state index is 12.1. The van der Waals surface area contributed by atoms with Gasteiger partial charge in [0.25, 0.3) is 5.91 Å². The van der Waals surface area contributed by atoms with Gasteiger partial charge in [-0.3, -0.25) is 13.6 Å². The molecule has 1 saturated heterocycles. The highest BCUT2D eigenvalue weighted by molar-refractivity contribution is 7.97. The van der Waals surface area contributed by atoms with Crippen molar-refractivity contribution in [2.45, 2.75) is 18.8 Å². The van der Waals surface area contributed by atoms with Crippen LogP contribution in [0.25, 0.3) is 0 Å². The van der Waals surface area contributed by atoms with Gasteiger partial charge in [-0.1, -0.05) is 0 Å². The Morgan fingerprint density at radius 2 is 2.31 bits per heavy atom. The van der Waals surface area contributed by atoms with Crippen LogP contribution in [0, 0.1) is 0 Å². The lowest BCUT2D eigenvalue weighted by Gasteiger charge is -2.28. The third kappa shape index (κ3) is 4.87. The van der Waals surface area contributed by atoms with Crippen molar-refractivity contribution >= 4 is 40.2 Å². The molecule has 1 aliphatic heterocycles. The Hall–Kier alpha value is -1.84. The first-order valence-electron chi connectivity index (χ1n) is 8.49. The average Bonchev–Trinajstić information content (AvgIpc) is 3.29. The van der Waals surface area contributed by atoms with Crippen LogP contribution in [0.1, 0.15) is 34.8 Å². The van der Waals surface area contributed by atoms with E-state index in [1.807, 2.05) is 15.6 Å². The molecule has 1 aliphatic rings.